The fraction of sp³-hybridized carbons (Fsp3) is 0.286. The van der Waals surface area contributed by atoms with Crippen LogP contribution in [0.25, 0.3) is 0 Å². The van der Waals surface area contributed by atoms with Crippen LogP contribution in [0.1, 0.15) is 24.1 Å². The Labute approximate surface area is 117 Å². The van der Waals surface area contributed by atoms with Gasteiger partial charge in [-0.05, 0) is 54.6 Å². The third-order valence-electron chi connectivity index (χ3n) is 2.85. The van der Waals surface area contributed by atoms with E-state index in [2.05, 4.69) is 29.1 Å². The molecule has 2 rings (SSSR count). The van der Waals surface area contributed by atoms with Crippen LogP contribution in [-0.4, -0.2) is 7.05 Å². The monoisotopic (exact) mass is 281 g/mol. The molecule has 1 unspecified atom stereocenters. The maximum atomic E-state index is 6.04. The Morgan fingerprint density at radius 1 is 1.39 bits per heavy atom. The van der Waals surface area contributed by atoms with Gasteiger partial charge >= 0.3 is 0 Å². The summed E-state index contributed by atoms with van der Waals surface area (Å²) in [7, 11) is 1.92. The Balaban J connectivity index is 2.16. The third kappa shape index (κ3) is 3.25. The normalized spacial score (nSPS) is 12.4. The first-order chi connectivity index (χ1) is 8.70. The minimum atomic E-state index is 0.209. The smallest absolute Gasteiger partial charge is 0.124 e. The molecule has 0 bridgehead atoms. The quantitative estimate of drug-likeness (QED) is 0.884. The molecule has 0 aliphatic carbocycles. The van der Waals surface area contributed by atoms with E-state index in [-0.39, 0.29) is 6.04 Å². The molecule has 4 heteroatoms. The van der Waals surface area contributed by atoms with Gasteiger partial charge in [-0.3, -0.25) is 0 Å². The second-order valence-electron chi connectivity index (χ2n) is 4.11. The molecule has 0 spiro atoms. The molecule has 0 amide bonds. The van der Waals surface area contributed by atoms with E-state index in [1.165, 1.54) is 5.56 Å². The van der Waals surface area contributed by atoms with Crippen LogP contribution in [0.2, 0.25) is 5.02 Å². The predicted molar refractivity (Wildman–Crippen MR) is 77.6 cm³/mol. The fourth-order valence-electron chi connectivity index (χ4n) is 1.68. The Hall–Kier alpha value is -1.03. The van der Waals surface area contributed by atoms with Crippen molar-refractivity contribution in [3.63, 3.8) is 0 Å². The molecule has 96 valence electrons. The van der Waals surface area contributed by atoms with Gasteiger partial charge in [0, 0.05) is 16.6 Å². The molecule has 1 atom stereocenters. The zero-order valence-electron chi connectivity index (χ0n) is 10.4. The Morgan fingerprint density at radius 2 is 2.22 bits per heavy atom. The van der Waals surface area contributed by atoms with Gasteiger partial charge in [0.15, 0.2) is 0 Å². The van der Waals surface area contributed by atoms with E-state index in [1.54, 1.807) is 11.3 Å². The Bertz CT molecular complexity index is 499. The number of nitrogens with one attached hydrogen (secondary N) is 1. The van der Waals surface area contributed by atoms with E-state index in [9.17, 15) is 0 Å². The van der Waals surface area contributed by atoms with Gasteiger partial charge in [-0.1, -0.05) is 11.6 Å². The minimum Gasteiger partial charge on any atom is -0.489 e. The molecular formula is C14H16ClNOS. The van der Waals surface area contributed by atoms with Crippen LogP contribution < -0.4 is 10.1 Å². The van der Waals surface area contributed by atoms with E-state index in [0.29, 0.717) is 6.61 Å². The Kier molecular flexibility index (Phi) is 4.64. The van der Waals surface area contributed by atoms with Crippen molar-refractivity contribution in [2.45, 2.75) is 19.6 Å². The molecule has 0 fully saturated rings. The van der Waals surface area contributed by atoms with Crippen LogP contribution >= 0.6 is 22.9 Å². The summed E-state index contributed by atoms with van der Waals surface area (Å²) in [6, 6.07) is 8.02. The van der Waals surface area contributed by atoms with E-state index < -0.39 is 0 Å². The summed E-state index contributed by atoms with van der Waals surface area (Å²) in [6.07, 6.45) is 0. The second kappa shape index (κ2) is 6.23. The highest BCUT2D eigenvalue weighted by Crippen LogP contribution is 2.29. The van der Waals surface area contributed by atoms with Crippen molar-refractivity contribution in [2.75, 3.05) is 7.05 Å². The first-order valence-corrected chi connectivity index (χ1v) is 7.13. The lowest BCUT2D eigenvalue weighted by atomic mass is 10.1. The maximum absolute atomic E-state index is 6.04. The molecular weight excluding hydrogens is 266 g/mol. The largest absolute Gasteiger partial charge is 0.489 e. The molecule has 0 aliphatic heterocycles. The number of thiophene rings is 1. The van der Waals surface area contributed by atoms with Gasteiger partial charge in [0.1, 0.15) is 12.4 Å². The van der Waals surface area contributed by atoms with Crippen LogP contribution in [0, 0.1) is 0 Å². The lowest BCUT2D eigenvalue weighted by Gasteiger charge is -2.16. The van der Waals surface area contributed by atoms with Gasteiger partial charge in [0.05, 0.1) is 0 Å². The van der Waals surface area contributed by atoms with Gasteiger partial charge in [-0.2, -0.15) is 11.3 Å². The zero-order chi connectivity index (χ0) is 13.0. The summed E-state index contributed by atoms with van der Waals surface area (Å²) >= 11 is 7.71. The molecule has 0 saturated carbocycles. The van der Waals surface area contributed by atoms with Gasteiger partial charge in [-0.25, -0.2) is 0 Å². The van der Waals surface area contributed by atoms with Crippen molar-refractivity contribution < 1.29 is 4.74 Å². The van der Waals surface area contributed by atoms with Crippen LogP contribution in [-0.2, 0) is 6.61 Å². The summed E-state index contributed by atoms with van der Waals surface area (Å²) < 4.78 is 5.87. The van der Waals surface area contributed by atoms with E-state index in [1.807, 2.05) is 25.2 Å². The lowest BCUT2D eigenvalue weighted by Crippen LogP contribution is -2.13. The summed E-state index contributed by atoms with van der Waals surface area (Å²) in [5.41, 5.74) is 2.28. The van der Waals surface area contributed by atoms with Crippen LogP contribution in [0.4, 0.5) is 0 Å². The zero-order valence-corrected chi connectivity index (χ0v) is 12.0. The molecule has 1 N–H and O–H groups in total. The fourth-order valence-corrected chi connectivity index (χ4v) is 2.51. The molecule has 1 aromatic heterocycles. The van der Waals surface area contributed by atoms with Crippen LogP contribution in [0.5, 0.6) is 5.75 Å². The average Bonchev–Trinajstić information content (AvgIpc) is 2.89. The highest BCUT2D eigenvalue weighted by atomic mass is 35.5. The number of hydrogen-bond acceptors (Lipinski definition) is 3. The first kappa shape index (κ1) is 13.4. The summed E-state index contributed by atoms with van der Waals surface area (Å²) in [4.78, 5) is 0. The standard InChI is InChI=1S/C14H16ClNOS/c1-10(16-2)13-7-12(15)3-4-14(13)17-8-11-5-6-18-9-11/h3-7,9-10,16H,8H2,1-2H3. The topological polar surface area (TPSA) is 21.3 Å². The summed E-state index contributed by atoms with van der Waals surface area (Å²) in [5, 5.41) is 8.08. The number of rotatable bonds is 5. The van der Waals surface area contributed by atoms with Gasteiger partial charge < -0.3 is 10.1 Å². The average molecular weight is 282 g/mol. The van der Waals surface area contributed by atoms with Crippen LogP contribution in [0.15, 0.2) is 35.0 Å². The third-order valence-corrected chi connectivity index (χ3v) is 3.81. The predicted octanol–water partition coefficient (Wildman–Crippen LogP) is 4.26. The highest BCUT2D eigenvalue weighted by Gasteiger charge is 2.11. The molecule has 18 heavy (non-hydrogen) atoms. The van der Waals surface area contributed by atoms with Crippen molar-refractivity contribution in [2.24, 2.45) is 0 Å². The van der Waals surface area contributed by atoms with Crippen molar-refractivity contribution in [3.05, 3.63) is 51.2 Å². The number of benzene rings is 1. The van der Waals surface area contributed by atoms with Gasteiger partial charge in [0.2, 0.25) is 0 Å². The van der Waals surface area contributed by atoms with E-state index >= 15 is 0 Å². The molecule has 2 nitrogen and oxygen atoms in total. The summed E-state index contributed by atoms with van der Waals surface area (Å²) in [6.45, 7) is 2.68. The second-order valence-corrected chi connectivity index (χ2v) is 5.33. The highest BCUT2D eigenvalue weighted by molar-refractivity contribution is 7.07. The van der Waals surface area contributed by atoms with Crippen molar-refractivity contribution in [3.8, 4) is 5.75 Å². The van der Waals surface area contributed by atoms with Crippen molar-refractivity contribution in [1.29, 1.82) is 0 Å². The minimum absolute atomic E-state index is 0.209. The molecule has 2 aromatic rings. The number of halogens is 1. The van der Waals surface area contributed by atoms with E-state index in [4.69, 9.17) is 16.3 Å². The van der Waals surface area contributed by atoms with Gasteiger partial charge in [0.25, 0.3) is 0 Å². The number of ether oxygens (including phenoxy) is 1. The Morgan fingerprint density at radius 3 is 2.89 bits per heavy atom. The molecule has 1 heterocycles. The number of hydrogen-bond donors (Lipinski definition) is 1. The molecule has 0 saturated heterocycles. The van der Waals surface area contributed by atoms with Gasteiger partial charge in [-0.15, -0.1) is 0 Å². The lowest BCUT2D eigenvalue weighted by molar-refractivity contribution is 0.301. The van der Waals surface area contributed by atoms with E-state index in [0.717, 1.165) is 16.3 Å². The van der Waals surface area contributed by atoms with Crippen molar-refractivity contribution in [1.82, 2.24) is 5.32 Å². The van der Waals surface area contributed by atoms with Crippen LogP contribution in [0.3, 0.4) is 0 Å². The summed E-state index contributed by atoms with van der Waals surface area (Å²) in [5.74, 6) is 0.882. The molecule has 0 aliphatic rings. The SMILES string of the molecule is CNC(C)c1cc(Cl)ccc1OCc1ccsc1. The van der Waals surface area contributed by atoms with Crippen molar-refractivity contribution >= 4 is 22.9 Å². The molecule has 1 aromatic carbocycles. The molecule has 0 radical (unpaired) electrons. The first-order valence-electron chi connectivity index (χ1n) is 5.81. The maximum Gasteiger partial charge on any atom is 0.124 e.